The fraction of sp³-hybridized carbons (Fsp3) is 0.438. The monoisotopic (exact) mass is 367 g/mol. The predicted octanol–water partition coefficient (Wildman–Crippen LogP) is 4.08. The second-order valence-electron chi connectivity index (χ2n) is 5.06. The lowest BCUT2D eigenvalue weighted by atomic mass is 10.2. The molecule has 2 rings (SSSR count). The Hall–Kier alpha value is -0.910. The first kappa shape index (κ1) is 16.5. The third-order valence-electron chi connectivity index (χ3n) is 3.29. The standard InChI is InChI=1S/C16H22BrN3S/c1-3-7-18-11-13-10-14(17)12-19-16(13)20(2)8-6-15-5-4-9-21-15/h4-5,9-10,12,18H,3,6-8,11H2,1-2H3. The van der Waals surface area contributed by atoms with E-state index in [2.05, 4.69) is 68.7 Å². The summed E-state index contributed by atoms with van der Waals surface area (Å²) in [5.74, 6) is 1.07. The molecule has 2 heterocycles. The minimum absolute atomic E-state index is 0.860. The van der Waals surface area contributed by atoms with Crippen LogP contribution in [-0.4, -0.2) is 25.1 Å². The third-order valence-corrected chi connectivity index (χ3v) is 4.66. The Morgan fingerprint density at radius 1 is 1.43 bits per heavy atom. The van der Waals surface area contributed by atoms with Crippen LogP contribution in [0.25, 0.3) is 0 Å². The molecule has 0 aliphatic carbocycles. The normalized spacial score (nSPS) is 10.8. The molecule has 5 heteroatoms. The van der Waals surface area contributed by atoms with E-state index in [4.69, 9.17) is 0 Å². The number of aromatic nitrogens is 1. The molecule has 0 aromatic carbocycles. The Bertz CT molecular complexity index is 542. The minimum Gasteiger partial charge on any atom is -0.359 e. The Kier molecular flexibility index (Phi) is 6.67. The van der Waals surface area contributed by atoms with Crippen molar-refractivity contribution in [3.05, 3.63) is 44.7 Å². The van der Waals surface area contributed by atoms with Gasteiger partial charge in [0, 0.05) is 41.2 Å². The van der Waals surface area contributed by atoms with Crippen LogP contribution in [0.5, 0.6) is 0 Å². The number of rotatable bonds is 8. The second-order valence-corrected chi connectivity index (χ2v) is 7.01. The summed E-state index contributed by atoms with van der Waals surface area (Å²) >= 11 is 5.33. The summed E-state index contributed by atoms with van der Waals surface area (Å²) in [5.41, 5.74) is 1.24. The highest BCUT2D eigenvalue weighted by atomic mass is 79.9. The maximum Gasteiger partial charge on any atom is 0.132 e. The highest BCUT2D eigenvalue weighted by Gasteiger charge is 2.10. The number of nitrogens with one attached hydrogen (secondary N) is 1. The van der Waals surface area contributed by atoms with Crippen molar-refractivity contribution in [3.63, 3.8) is 0 Å². The maximum atomic E-state index is 4.60. The largest absolute Gasteiger partial charge is 0.359 e. The van der Waals surface area contributed by atoms with Crippen LogP contribution in [0.15, 0.2) is 34.2 Å². The van der Waals surface area contributed by atoms with Gasteiger partial charge in [-0.1, -0.05) is 13.0 Å². The average molecular weight is 368 g/mol. The van der Waals surface area contributed by atoms with E-state index in [1.54, 1.807) is 0 Å². The zero-order valence-corrected chi connectivity index (χ0v) is 15.0. The summed E-state index contributed by atoms with van der Waals surface area (Å²) in [7, 11) is 2.12. The van der Waals surface area contributed by atoms with Crippen molar-refractivity contribution in [1.82, 2.24) is 10.3 Å². The van der Waals surface area contributed by atoms with Crippen molar-refractivity contribution in [2.45, 2.75) is 26.3 Å². The van der Waals surface area contributed by atoms with Gasteiger partial charge in [-0.2, -0.15) is 0 Å². The van der Waals surface area contributed by atoms with E-state index >= 15 is 0 Å². The molecule has 0 saturated carbocycles. The van der Waals surface area contributed by atoms with E-state index in [0.717, 1.165) is 42.8 Å². The molecule has 0 bridgehead atoms. The number of likely N-dealkylation sites (N-methyl/N-ethyl adjacent to an activating group) is 1. The molecule has 0 fully saturated rings. The van der Waals surface area contributed by atoms with Crippen LogP contribution in [0.1, 0.15) is 23.8 Å². The molecule has 0 aliphatic heterocycles. The van der Waals surface area contributed by atoms with Gasteiger partial charge in [-0.15, -0.1) is 11.3 Å². The highest BCUT2D eigenvalue weighted by Crippen LogP contribution is 2.21. The van der Waals surface area contributed by atoms with Crippen LogP contribution in [-0.2, 0) is 13.0 Å². The zero-order valence-electron chi connectivity index (χ0n) is 12.6. The SMILES string of the molecule is CCCNCc1cc(Br)cnc1N(C)CCc1cccs1. The van der Waals surface area contributed by atoms with Crippen molar-refractivity contribution in [3.8, 4) is 0 Å². The molecule has 2 aromatic rings. The number of hydrogen-bond donors (Lipinski definition) is 1. The fourth-order valence-corrected chi connectivity index (χ4v) is 3.26. The Balaban J connectivity index is 2.02. The van der Waals surface area contributed by atoms with E-state index in [-0.39, 0.29) is 0 Å². The van der Waals surface area contributed by atoms with Gasteiger partial charge < -0.3 is 10.2 Å². The highest BCUT2D eigenvalue weighted by molar-refractivity contribution is 9.10. The number of nitrogens with zero attached hydrogens (tertiary/aromatic N) is 2. The number of hydrogen-bond acceptors (Lipinski definition) is 4. The first-order valence-corrected chi connectivity index (χ1v) is 8.96. The van der Waals surface area contributed by atoms with E-state index in [1.807, 2.05) is 17.5 Å². The Morgan fingerprint density at radius 2 is 2.29 bits per heavy atom. The van der Waals surface area contributed by atoms with E-state index < -0.39 is 0 Å². The number of pyridine rings is 1. The van der Waals surface area contributed by atoms with E-state index in [0.29, 0.717) is 0 Å². The molecule has 0 unspecified atom stereocenters. The van der Waals surface area contributed by atoms with Gasteiger partial charge in [-0.3, -0.25) is 0 Å². The first-order chi connectivity index (χ1) is 10.2. The summed E-state index contributed by atoms with van der Waals surface area (Å²) < 4.78 is 1.03. The zero-order chi connectivity index (χ0) is 15.1. The van der Waals surface area contributed by atoms with Gasteiger partial charge in [0.2, 0.25) is 0 Å². The van der Waals surface area contributed by atoms with Gasteiger partial charge in [-0.05, 0) is 52.8 Å². The third kappa shape index (κ3) is 5.09. The molecule has 0 atom stereocenters. The lowest BCUT2D eigenvalue weighted by Gasteiger charge is -2.21. The fourth-order valence-electron chi connectivity index (χ4n) is 2.19. The topological polar surface area (TPSA) is 28.2 Å². The van der Waals surface area contributed by atoms with Crippen LogP contribution >= 0.6 is 27.3 Å². The molecule has 3 nitrogen and oxygen atoms in total. The summed E-state index contributed by atoms with van der Waals surface area (Å²) in [6, 6.07) is 6.46. The molecule has 1 N–H and O–H groups in total. The van der Waals surface area contributed by atoms with Crippen molar-refractivity contribution in [2.24, 2.45) is 0 Å². The lowest BCUT2D eigenvalue weighted by Crippen LogP contribution is -2.24. The Labute approximate surface area is 139 Å². The van der Waals surface area contributed by atoms with Crippen LogP contribution in [0, 0.1) is 0 Å². The molecule has 0 spiro atoms. The summed E-state index contributed by atoms with van der Waals surface area (Å²) in [4.78, 5) is 8.27. The minimum atomic E-state index is 0.860. The number of thiophene rings is 1. The molecule has 114 valence electrons. The smallest absolute Gasteiger partial charge is 0.132 e. The molecule has 2 aromatic heterocycles. The second kappa shape index (κ2) is 8.51. The summed E-state index contributed by atoms with van der Waals surface area (Å²) in [6.07, 6.45) is 4.08. The van der Waals surface area contributed by atoms with Crippen LogP contribution < -0.4 is 10.2 Å². The molecular weight excluding hydrogens is 346 g/mol. The van der Waals surface area contributed by atoms with Crippen molar-refractivity contribution in [2.75, 3.05) is 25.0 Å². The van der Waals surface area contributed by atoms with Gasteiger partial charge in [0.25, 0.3) is 0 Å². The number of halogens is 1. The van der Waals surface area contributed by atoms with Crippen molar-refractivity contribution >= 4 is 33.1 Å². The molecule has 0 saturated heterocycles. The molecule has 0 amide bonds. The maximum absolute atomic E-state index is 4.60. The summed E-state index contributed by atoms with van der Waals surface area (Å²) in [6.45, 7) is 5.06. The lowest BCUT2D eigenvalue weighted by molar-refractivity contribution is 0.671. The first-order valence-electron chi connectivity index (χ1n) is 7.29. The molecule has 0 aliphatic rings. The van der Waals surface area contributed by atoms with Crippen molar-refractivity contribution < 1.29 is 0 Å². The Morgan fingerprint density at radius 3 is 3.00 bits per heavy atom. The van der Waals surface area contributed by atoms with Crippen LogP contribution in [0.4, 0.5) is 5.82 Å². The van der Waals surface area contributed by atoms with Crippen molar-refractivity contribution in [1.29, 1.82) is 0 Å². The van der Waals surface area contributed by atoms with Gasteiger partial charge in [0.15, 0.2) is 0 Å². The van der Waals surface area contributed by atoms with Gasteiger partial charge >= 0.3 is 0 Å². The van der Waals surface area contributed by atoms with E-state index in [1.165, 1.54) is 10.4 Å². The van der Waals surface area contributed by atoms with Gasteiger partial charge in [-0.25, -0.2) is 4.98 Å². The molecule has 0 radical (unpaired) electrons. The van der Waals surface area contributed by atoms with Crippen LogP contribution in [0.2, 0.25) is 0 Å². The number of anilines is 1. The van der Waals surface area contributed by atoms with Crippen LogP contribution in [0.3, 0.4) is 0 Å². The average Bonchev–Trinajstić information content (AvgIpc) is 2.98. The molecular formula is C16H22BrN3S. The summed E-state index contributed by atoms with van der Waals surface area (Å²) in [5, 5.41) is 5.59. The van der Waals surface area contributed by atoms with Gasteiger partial charge in [0.05, 0.1) is 0 Å². The van der Waals surface area contributed by atoms with Gasteiger partial charge in [0.1, 0.15) is 5.82 Å². The quantitative estimate of drug-likeness (QED) is 0.712. The predicted molar refractivity (Wildman–Crippen MR) is 95.2 cm³/mol. The molecule has 21 heavy (non-hydrogen) atoms. The van der Waals surface area contributed by atoms with E-state index in [9.17, 15) is 0 Å².